The highest BCUT2D eigenvalue weighted by Crippen LogP contribution is 2.23. The SMILES string of the molecule is Cc1cc(Nc2ccccc2C)n2nc(-c3ccco3)nc2n1. The minimum Gasteiger partial charge on any atom is -0.461 e. The van der Waals surface area contributed by atoms with E-state index in [0.717, 1.165) is 22.8 Å². The number of hydrogen-bond acceptors (Lipinski definition) is 5. The van der Waals surface area contributed by atoms with Crippen molar-refractivity contribution < 1.29 is 4.42 Å². The molecule has 0 amide bonds. The molecule has 1 N–H and O–H groups in total. The van der Waals surface area contributed by atoms with Crippen LogP contribution in [0.25, 0.3) is 17.4 Å². The summed E-state index contributed by atoms with van der Waals surface area (Å²) in [5.41, 5.74) is 3.04. The van der Waals surface area contributed by atoms with Gasteiger partial charge in [0.2, 0.25) is 5.82 Å². The summed E-state index contributed by atoms with van der Waals surface area (Å²) < 4.78 is 7.06. The van der Waals surface area contributed by atoms with Crippen molar-refractivity contribution in [1.82, 2.24) is 19.6 Å². The summed E-state index contributed by atoms with van der Waals surface area (Å²) in [6.45, 7) is 3.99. The van der Waals surface area contributed by atoms with E-state index in [1.807, 2.05) is 43.3 Å². The molecule has 1 aromatic carbocycles. The van der Waals surface area contributed by atoms with Crippen molar-refractivity contribution in [3.63, 3.8) is 0 Å². The van der Waals surface area contributed by atoms with Gasteiger partial charge in [-0.25, -0.2) is 4.98 Å². The Kier molecular flexibility index (Phi) is 3.08. The minimum atomic E-state index is 0.515. The maximum atomic E-state index is 5.37. The number of anilines is 2. The Morgan fingerprint density at radius 3 is 2.70 bits per heavy atom. The zero-order chi connectivity index (χ0) is 15.8. The van der Waals surface area contributed by atoms with Crippen LogP contribution in [0.2, 0.25) is 0 Å². The topological polar surface area (TPSA) is 68.2 Å². The molecule has 0 bridgehead atoms. The molecule has 0 spiro atoms. The third-order valence-corrected chi connectivity index (χ3v) is 3.59. The number of aromatic nitrogens is 4. The molecule has 0 fully saturated rings. The molecule has 0 saturated carbocycles. The summed E-state index contributed by atoms with van der Waals surface area (Å²) in [7, 11) is 0. The monoisotopic (exact) mass is 305 g/mol. The van der Waals surface area contributed by atoms with Gasteiger partial charge < -0.3 is 9.73 Å². The lowest BCUT2D eigenvalue weighted by Gasteiger charge is -2.10. The van der Waals surface area contributed by atoms with Gasteiger partial charge in [0.15, 0.2) is 5.76 Å². The average molecular weight is 305 g/mol. The molecule has 6 heteroatoms. The molecule has 23 heavy (non-hydrogen) atoms. The van der Waals surface area contributed by atoms with Crippen molar-refractivity contribution in [2.45, 2.75) is 13.8 Å². The highest BCUT2D eigenvalue weighted by Gasteiger charge is 2.13. The van der Waals surface area contributed by atoms with Crippen molar-refractivity contribution >= 4 is 17.3 Å². The van der Waals surface area contributed by atoms with Crippen LogP contribution in [-0.2, 0) is 0 Å². The van der Waals surface area contributed by atoms with E-state index in [4.69, 9.17) is 4.42 Å². The summed E-state index contributed by atoms with van der Waals surface area (Å²) in [6.07, 6.45) is 1.60. The van der Waals surface area contributed by atoms with Crippen LogP contribution < -0.4 is 5.32 Å². The zero-order valence-electron chi connectivity index (χ0n) is 12.8. The molecule has 3 aromatic heterocycles. The average Bonchev–Trinajstić information content (AvgIpc) is 3.18. The van der Waals surface area contributed by atoms with Gasteiger partial charge in [0.1, 0.15) is 5.82 Å². The number of nitrogens with one attached hydrogen (secondary N) is 1. The van der Waals surface area contributed by atoms with Crippen LogP contribution >= 0.6 is 0 Å². The Labute approximate surface area is 132 Å². The van der Waals surface area contributed by atoms with Crippen LogP contribution in [0, 0.1) is 13.8 Å². The quantitative estimate of drug-likeness (QED) is 0.624. The second-order valence-corrected chi connectivity index (χ2v) is 5.35. The van der Waals surface area contributed by atoms with Crippen LogP contribution in [0.15, 0.2) is 53.1 Å². The molecule has 3 heterocycles. The second kappa shape index (κ2) is 5.24. The number of rotatable bonds is 3. The number of hydrogen-bond donors (Lipinski definition) is 1. The fraction of sp³-hybridized carbons (Fsp3) is 0.118. The lowest BCUT2D eigenvalue weighted by Crippen LogP contribution is -2.03. The second-order valence-electron chi connectivity index (χ2n) is 5.35. The fourth-order valence-corrected chi connectivity index (χ4v) is 2.44. The largest absolute Gasteiger partial charge is 0.461 e. The lowest BCUT2D eigenvalue weighted by atomic mass is 10.2. The molecule has 0 aliphatic carbocycles. The molecule has 0 radical (unpaired) electrons. The van der Waals surface area contributed by atoms with Gasteiger partial charge in [-0.1, -0.05) is 18.2 Å². The minimum absolute atomic E-state index is 0.515. The van der Waals surface area contributed by atoms with Crippen molar-refractivity contribution in [1.29, 1.82) is 0 Å². The van der Waals surface area contributed by atoms with Gasteiger partial charge in [-0.2, -0.15) is 9.50 Å². The molecule has 114 valence electrons. The van der Waals surface area contributed by atoms with E-state index in [9.17, 15) is 0 Å². The molecular weight excluding hydrogens is 290 g/mol. The summed E-state index contributed by atoms with van der Waals surface area (Å²) in [5, 5.41) is 7.91. The number of aryl methyl sites for hydroxylation is 2. The number of nitrogens with zero attached hydrogens (tertiary/aromatic N) is 4. The third-order valence-electron chi connectivity index (χ3n) is 3.59. The Morgan fingerprint density at radius 1 is 1.04 bits per heavy atom. The van der Waals surface area contributed by atoms with Crippen LogP contribution in [0.1, 0.15) is 11.3 Å². The molecule has 4 aromatic rings. The first kappa shape index (κ1) is 13.5. The smallest absolute Gasteiger partial charge is 0.255 e. The van der Waals surface area contributed by atoms with Crippen molar-refractivity contribution in [3.05, 3.63) is 60.0 Å². The van der Waals surface area contributed by atoms with Crippen LogP contribution in [-0.4, -0.2) is 19.6 Å². The molecule has 6 nitrogen and oxygen atoms in total. The normalized spacial score (nSPS) is 11.0. The first-order valence-electron chi connectivity index (χ1n) is 7.32. The van der Waals surface area contributed by atoms with Crippen LogP contribution in [0.3, 0.4) is 0 Å². The van der Waals surface area contributed by atoms with Crippen molar-refractivity contribution in [3.8, 4) is 11.6 Å². The van der Waals surface area contributed by atoms with E-state index >= 15 is 0 Å². The van der Waals surface area contributed by atoms with E-state index in [-0.39, 0.29) is 0 Å². The predicted molar refractivity (Wildman–Crippen MR) is 87.7 cm³/mol. The third kappa shape index (κ3) is 2.44. The van der Waals surface area contributed by atoms with E-state index in [1.54, 1.807) is 10.8 Å². The van der Waals surface area contributed by atoms with Crippen molar-refractivity contribution in [2.24, 2.45) is 0 Å². The lowest BCUT2D eigenvalue weighted by molar-refractivity contribution is 0.577. The Hall–Kier alpha value is -3.15. The van der Waals surface area contributed by atoms with E-state index < -0.39 is 0 Å². The summed E-state index contributed by atoms with van der Waals surface area (Å²) in [4.78, 5) is 8.89. The van der Waals surface area contributed by atoms with E-state index in [1.165, 1.54) is 0 Å². The summed E-state index contributed by atoms with van der Waals surface area (Å²) in [6, 6.07) is 13.7. The maximum absolute atomic E-state index is 5.37. The molecule has 0 aliphatic heterocycles. The van der Waals surface area contributed by atoms with Crippen LogP contribution in [0.5, 0.6) is 0 Å². The summed E-state index contributed by atoms with van der Waals surface area (Å²) in [5.74, 6) is 2.48. The maximum Gasteiger partial charge on any atom is 0.255 e. The van der Waals surface area contributed by atoms with E-state index in [0.29, 0.717) is 17.4 Å². The first-order valence-corrected chi connectivity index (χ1v) is 7.32. The molecule has 4 rings (SSSR count). The van der Waals surface area contributed by atoms with E-state index in [2.05, 4.69) is 33.4 Å². The highest BCUT2D eigenvalue weighted by molar-refractivity contribution is 5.63. The van der Waals surface area contributed by atoms with Gasteiger partial charge in [0.05, 0.1) is 6.26 Å². The molecule has 0 unspecified atom stereocenters. The van der Waals surface area contributed by atoms with Gasteiger partial charge in [0.25, 0.3) is 5.78 Å². The van der Waals surface area contributed by atoms with Gasteiger partial charge in [-0.15, -0.1) is 5.10 Å². The number of benzene rings is 1. The van der Waals surface area contributed by atoms with Crippen molar-refractivity contribution in [2.75, 3.05) is 5.32 Å². The number of fused-ring (bicyclic) bond motifs is 1. The zero-order valence-corrected chi connectivity index (χ0v) is 12.8. The first-order chi connectivity index (χ1) is 11.2. The van der Waals surface area contributed by atoms with Gasteiger partial charge in [-0.05, 0) is 37.6 Å². The molecule has 0 aliphatic rings. The number of furan rings is 1. The Bertz CT molecular complexity index is 972. The Balaban J connectivity index is 1.84. The standard InChI is InChI=1S/C17H15N5O/c1-11-6-3-4-7-13(11)19-15-10-12(2)18-17-20-16(21-22(15)17)14-8-5-9-23-14/h3-10,19H,1-2H3. The summed E-state index contributed by atoms with van der Waals surface area (Å²) >= 11 is 0. The van der Waals surface area contributed by atoms with Gasteiger partial charge in [0, 0.05) is 17.4 Å². The van der Waals surface area contributed by atoms with Crippen LogP contribution in [0.4, 0.5) is 11.5 Å². The highest BCUT2D eigenvalue weighted by atomic mass is 16.3. The van der Waals surface area contributed by atoms with Gasteiger partial charge in [-0.3, -0.25) is 0 Å². The molecule has 0 atom stereocenters. The number of para-hydroxylation sites is 1. The fourth-order valence-electron chi connectivity index (χ4n) is 2.44. The molecular formula is C17H15N5O. The predicted octanol–water partition coefficient (Wildman–Crippen LogP) is 3.74. The Morgan fingerprint density at radius 2 is 1.91 bits per heavy atom. The molecule has 0 saturated heterocycles. The van der Waals surface area contributed by atoms with Gasteiger partial charge >= 0.3 is 0 Å².